The molecule has 24 heavy (non-hydrogen) atoms. The summed E-state index contributed by atoms with van der Waals surface area (Å²) in [5.41, 5.74) is 1.27. The molecule has 126 valence electrons. The van der Waals surface area contributed by atoms with Gasteiger partial charge >= 0.3 is 0 Å². The third kappa shape index (κ3) is 2.29. The molecule has 1 spiro atoms. The molecular formula is C15H15ClN4O3S. The Morgan fingerprint density at radius 3 is 2.67 bits per heavy atom. The molecule has 3 rings (SSSR count). The molecule has 0 saturated carbocycles. The molecule has 2 heterocycles. The second-order valence-corrected chi connectivity index (χ2v) is 6.99. The number of hydrogen-bond acceptors (Lipinski definition) is 5. The molecule has 1 aromatic carbocycles. The number of hydrazone groups is 1. The molecule has 1 N–H and O–H groups in total. The number of nitrogens with zero attached hydrogens (tertiary/aromatic N) is 3. The summed E-state index contributed by atoms with van der Waals surface area (Å²) in [4.78, 5) is 36.9. The molecule has 0 radical (unpaired) electrons. The highest BCUT2D eigenvalue weighted by Crippen LogP contribution is 2.54. The Hall–Kier alpha value is -2.06. The van der Waals surface area contributed by atoms with Gasteiger partial charge in [-0.1, -0.05) is 11.6 Å². The summed E-state index contributed by atoms with van der Waals surface area (Å²) in [6.45, 7) is 4.96. The highest BCUT2D eigenvalue weighted by atomic mass is 35.5. The van der Waals surface area contributed by atoms with Gasteiger partial charge in [0.05, 0.1) is 5.69 Å². The number of halogens is 1. The van der Waals surface area contributed by atoms with Crippen molar-refractivity contribution in [3.05, 3.63) is 28.8 Å². The fourth-order valence-electron chi connectivity index (χ4n) is 2.90. The number of amidine groups is 1. The molecule has 3 amide bonds. The lowest BCUT2D eigenvalue weighted by Gasteiger charge is -2.29. The van der Waals surface area contributed by atoms with Crippen molar-refractivity contribution in [1.82, 2.24) is 10.3 Å². The van der Waals surface area contributed by atoms with Crippen molar-refractivity contribution in [3.8, 4) is 0 Å². The first-order valence-electron chi connectivity index (χ1n) is 7.29. The van der Waals surface area contributed by atoms with E-state index in [0.717, 1.165) is 16.8 Å². The molecule has 2 aliphatic rings. The van der Waals surface area contributed by atoms with Crippen LogP contribution in [0.2, 0.25) is 5.02 Å². The summed E-state index contributed by atoms with van der Waals surface area (Å²) >= 11 is 7.16. The number of rotatable bonds is 1. The van der Waals surface area contributed by atoms with Crippen LogP contribution in [-0.2, 0) is 19.3 Å². The summed E-state index contributed by atoms with van der Waals surface area (Å²) in [5.74, 6) is -1.02. The van der Waals surface area contributed by atoms with Gasteiger partial charge in [-0.15, -0.1) is 5.10 Å². The van der Waals surface area contributed by atoms with Crippen molar-refractivity contribution < 1.29 is 14.4 Å². The van der Waals surface area contributed by atoms with E-state index in [9.17, 15) is 14.4 Å². The number of hydrogen-bond donors (Lipinski definition) is 1. The monoisotopic (exact) mass is 366 g/mol. The zero-order valence-electron chi connectivity index (χ0n) is 13.3. The van der Waals surface area contributed by atoms with Crippen molar-refractivity contribution in [2.75, 3.05) is 11.4 Å². The Labute approximate surface area is 148 Å². The number of likely N-dealkylation sites (N-methyl/N-ethyl adjacent to an activating group) is 1. The van der Waals surface area contributed by atoms with E-state index in [0.29, 0.717) is 22.8 Å². The average Bonchev–Trinajstić information content (AvgIpc) is 2.98. The van der Waals surface area contributed by atoms with Gasteiger partial charge < -0.3 is 10.2 Å². The molecule has 2 aliphatic heterocycles. The minimum Gasteiger partial charge on any atom is -0.309 e. The second-order valence-electron chi connectivity index (χ2n) is 5.37. The Bertz CT molecular complexity index is 797. The maximum absolute atomic E-state index is 13.2. The van der Waals surface area contributed by atoms with Gasteiger partial charge in [0, 0.05) is 31.0 Å². The molecule has 1 atom stereocenters. The first kappa shape index (κ1) is 16.8. The Balaban J connectivity index is 2.19. The number of anilines is 1. The van der Waals surface area contributed by atoms with Gasteiger partial charge in [0.15, 0.2) is 5.17 Å². The van der Waals surface area contributed by atoms with Crippen molar-refractivity contribution >= 4 is 51.9 Å². The minimum atomic E-state index is -1.38. The lowest BCUT2D eigenvalue weighted by Crippen LogP contribution is -2.48. The number of fused-ring (bicyclic) bond motifs is 2. The lowest BCUT2D eigenvalue weighted by atomic mass is 10.1. The molecule has 0 aliphatic carbocycles. The topological polar surface area (TPSA) is 82.1 Å². The van der Waals surface area contributed by atoms with Crippen molar-refractivity contribution in [2.24, 2.45) is 5.10 Å². The van der Waals surface area contributed by atoms with Crippen LogP contribution in [0.15, 0.2) is 23.3 Å². The molecule has 0 saturated heterocycles. The van der Waals surface area contributed by atoms with E-state index in [1.54, 1.807) is 23.1 Å². The van der Waals surface area contributed by atoms with Gasteiger partial charge in [-0.05, 0) is 36.9 Å². The number of carbonyl (C=O) groups excluding carboxylic acids is 3. The smallest absolute Gasteiger partial charge is 0.270 e. The summed E-state index contributed by atoms with van der Waals surface area (Å²) in [6, 6.07) is 5.12. The fourth-order valence-corrected chi connectivity index (χ4v) is 4.39. The fraction of sp³-hybridized carbons (Fsp3) is 0.333. The van der Waals surface area contributed by atoms with E-state index >= 15 is 0 Å². The Morgan fingerprint density at radius 2 is 2.08 bits per heavy atom. The third-order valence-electron chi connectivity index (χ3n) is 3.78. The normalized spacial score (nSPS) is 22.0. The third-order valence-corrected chi connectivity index (χ3v) is 5.26. The largest absolute Gasteiger partial charge is 0.309 e. The van der Waals surface area contributed by atoms with E-state index in [2.05, 4.69) is 10.4 Å². The number of thioether (sulfide) groups is 1. The van der Waals surface area contributed by atoms with Crippen LogP contribution in [0.1, 0.15) is 26.3 Å². The summed E-state index contributed by atoms with van der Waals surface area (Å²) < 4.78 is 0. The van der Waals surface area contributed by atoms with Crippen LogP contribution in [-0.4, -0.2) is 34.4 Å². The van der Waals surface area contributed by atoms with Gasteiger partial charge in [0.2, 0.25) is 16.7 Å². The predicted molar refractivity (Wildman–Crippen MR) is 92.5 cm³/mol. The van der Waals surface area contributed by atoms with E-state index < -0.39 is 10.8 Å². The predicted octanol–water partition coefficient (Wildman–Crippen LogP) is 1.86. The first-order valence-corrected chi connectivity index (χ1v) is 8.48. The highest BCUT2D eigenvalue weighted by molar-refractivity contribution is 8.15. The number of carbonyl (C=O) groups is 3. The molecule has 0 bridgehead atoms. The summed E-state index contributed by atoms with van der Waals surface area (Å²) in [5, 5.41) is 8.48. The van der Waals surface area contributed by atoms with Crippen LogP contribution in [0.25, 0.3) is 0 Å². The molecule has 9 heteroatoms. The Kier molecular flexibility index (Phi) is 4.05. The quantitative estimate of drug-likeness (QED) is 0.822. The van der Waals surface area contributed by atoms with Crippen LogP contribution in [0.3, 0.4) is 0 Å². The van der Waals surface area contributed by atoms with Crippen molar-refractivity contribution in [2.45, 2.75) is 25.6 Å². The van der Waals surface area contributed by atoms with Crippen LogP contribution in [0.4, 0.5) is 5.69 Å². The van der Waals surface area contributed by atoms with Crippen molar-refractivity contribution in [1.29, 1.82) is 0 Å². The van der Waals surface area contributed by atoms with E-state index in [4.69, 9.17) is 11.6 Å². The lowest BCUT2D eigenvalue weighted by molar-refractivity contribution is -0.139. The summed E-state index contributed by atoms with van der Waals surface area (Å²) in [6.07, 6.45) is 0. The number of nitrogens with one attached hydrogen (secondary N) is 1. The average molecular weight is 367 g/mol. The van der Waals surface area contributed by atoms with Gasteiger partial charge in [-0.25, -0.2) is 0 Å². The van der Waals surface area contributed by atoms with E-state index in [-0.39, 0.29) is 17.0 Å². The molecule has 7 nitrogen and oxygen atoms in total. The van der Waals surface area contributed by atoms with Gasteiger partial charge in [-0.3, -0.25) is 14.4 Å². The van der Waals surface area contributed by atoms with Crippen LogP contribution in [0.5, 0.6) is 0 Å². The first-order chi connectivity index (χ1) is 11.3. The highest BCUT2D eigenvalue weighted by Gasteiger charge is 2.60. The molecule has 1 aromatic rings. The maximum Gasteiger partial charge on any atom is 0.270 e. The van der Waals surface area contributed by atoms with Crippen LogP contribution < -0.4 is 10.2 Å². The standard InChI is InChI=1S/C15H15ClN4O3S/c1-4-19-12-6-5-10(16)7-11(12)15(13(19)23)20(9(3)22)18-14(24-15)17-8(2)21/h5-7H,4H2,1-3H3,(H,17,18,21). The zero-order valence-corrected chi connectivity index (χ0v) is 14.9. The van der Waals surface area contributed by atoms with Crippen LogP contribution in [0, 0.1) is 0 Å². The molecular weight excluding hydrogens is 352 g/mol. The minimum absolute atomic E-state index is 0.204. The zero-order chi connectivity index (χ0) is 17.6. The van der Waals surface area contributed by atoms with Crippen molar-refractivity contribution in [3.63, 3.8) is 0 Å². The van der Waals surface area contributed by atoms with Gasteiger partial charge in [0.1, 0.15) is 0 Å². The summed E-state index contributed by atoms with van der Waals surface area (Å²) in [7, 11) is 0. The maximum atomic E-state index is 13.2. The Morgan fingerprint density at radius 1 is 1.38 bits per heavy atom. The molecule has 0 aromatic heterocycles. The second kappa shape index (κ2) is 5.78. The van der Waals surface area contributed by atoms with E-state index in [1.165, 1.54) is 13.8 Å². The van der Waals surface area contributed by atoms with Gasteiger partial charge in [0.25, 0.3) is 5.91 Å². The van der Waals surface area contributed by atoms with E-state index in [1.807, 2.05) is 6.92 Å². The SMILES string of the molecule is CCN1C(=O)C2(SC(NC(C)=O)=NN2C(C)=O)c2cc(Cl)ccc21. The van der Waals surface area contributed by atoms with Gasteiger partial charge in [-0.2, -0.15) is 5.01 Å². The number of benzene rings is 1. The molecule has 1 unspecified atom stereocenters. The van der Waals surface area contributed by atoms with Crippen LogP contribution >= 0.6 is 23.4 Å². The molecule has 0 fully saturated rings. The number of amides is 3.